The summed E-state index contributed by atoms with van der Waals surface area (Å²) in [6.07, 6.45) is 0. The normalized spacial score (nSPS) is 12.0. The van der Waals surface area contributed by atoms with Gasteiger partial charge in [0.25, 0.3) is 0 Å². The molecular formula is C12H12ClFN2O. The van der Waals surface area contributed by atoms with Crippen molar-refractivity contribution in [3.63, 3.8) is 0 Å². The third kappa shape index (κ3) is 3.43. The molecule has 0 saturated carbocycles. The van der Waals surface area contributed by atoms with Crippen molar-refractivity contribution in [3.8, 4) is 6.07 Å². The molecule has 1 amide bonds. The van der Waals surface area contributed by atoms with E-state index >= 15 is 0 Å². The van der Waals surface area contributed by atoms with Crippen LogP contribution in [0.15, 0.2) is 18.2 Å². The van der Waals surface area contributed by atoms with E-state index in [1.54, 1.807) is 13.8 Å². The molecule has 3 nitrogen and oxygen atoms in total. The lowest BCUT2D eigenvalue weighted by Crippen LogP contribution is -2.25. The maximum atomic E-state index is 12.9. The second-order valence-electron chi connectivity index (χ2n) is 3.97. The smallest absolute Gasteiger partial charge is 0.241 e. The zero-order chi connectivity index (χ0) is 13.0. The number of benzene rings is 1. The summed E-state index contributed by atoms with van der Waals surface area (Å²) in [5.41, 5.74) is 0.377. The molecule has 1 unspecified atom stereocenters. The standard InChI is InChI=1S/C12H12ClFN2O/c1-7(2)9(6-15)12(17)16-8-3-4-11(14)10(13)5-8/h3-5,7,9H,1-2H3,(H,16,17). The molecule has 0 fully saturated rings. The van der Waals surface area contributed by atoms with E-state index in [2.05, 4.69) is 5.32 Å². The Kier molecular flexibility index (Phi) is 4.47. The third-order valence-electron chi connectivity index (χ3n) is 2.28. The molecule has 0 saturated heterocycles. The summed E-state index contributed by atoms with van der Waals surface area (Å²) in [6, 6.07) is 5.80. The highest BCUT2D eigenvalue weighted by molar-refractivity contribution is 6.31. The van der Waals surface area contributed by atoms with Gasteiger partial charge in [-0.1, -0.05) is 25.4 Å². The highest BCUT2D eigenvalue weighted by Crippen LogP contribution is 2.20. The summed E-state index contributed by atoms with van der Waals surface area (Å²) in [7, 11) is 0. The van der Waals surface area contributed by atoms with Gasteiger partial charge in [-0.15, -0.1) is 0 Å². The van der Waals surface area contributed by atoms with Gasteiger partial charge in [-0.2, -0.15) is 5.26 Å². The molecule has 1 aromatic carbocycles. The molecule has 0 aliphatic carbocycles. The van der Waals surface area contributed by atoms with Gasteiger partial charge in [0.05, 0.1) is 11.1 Å². The molecule has 1 rings (SSSR count). The molecule has 0 aromatic heterocycles. The molecule has 0 spiro atoms. The van der Waals surface area contributed by atoms with Crippen LogP contribution in [-0.2, 0) is 4.79 Å². The van der Waals surface area contributed by atoms with Crippen molar-refractivity contribution in [2.45, 2.75) is 13.8 Å². The van der Waals surface area contributed by atoms with Gasteiger partial charge in [-0.25, -0.2) is 4.39 Å². The van der Waals surface area contributed by atoms with E-state index < -0.39 is 17.6 Å². The van der Waals surface area contributed by atoms with Crippen LogP contribution in [0.25, 0.3) is 0 Å². The van der Waals surface area contributed by atoms with E-state index in [-0.39, 0.29) is 10.9 Å². The van der Waals surface area contributed by atoms with E-state index in [1.807, 2.05) is 6.07 Å². The van der Waals surface area contributed by atoms with Crippen LogP contribution in [-0.4, -0.2) is 5.91 Å². The summed E-state index contributed by atoms with van der Waals surface area (Å²) in [6.45, 7) is 3.57. The quantitative estimate of drug-likeness (QED) is 0.900. The Morgan fingerprint density at radius 3 is 2.65 bits per heavy atom. The number of rotatable bonds is 3. The van der Waals surface area contributed by atoms with Gasteiger partial charge < -0.3 is 5.32 Å². The van der Waals surface area contributed by atoms with Gasteiger partial charge in [0.2, 0.25) is 5.91 Å². The topological polar surface area (TPSA) is 52.9 Å². The number of carbonyl (C=O) groups is 1. The number of amides is 1. The van der Waals surface area contributed by atoms with Crippen LogP contribution in [0.4, 0.5) is 10.1 Å². The second kappa shape index (κ2) is 5.65. The number of anilines is 1. The van der Waals surface area contributed by atoms with E-state index in [4.69, 9.17) is 16.9 Å². The second-order valence-corrected chi connectivity index (χ2v) is 4.38. The van der Waals surface area contributed by atoms with E-state index in [0.29, 0.717) is 5.69 Å². The number of halogens is 2. The van der Waals surface area contributed by atoms with Crippen LogP contribution >= 0.6 is 11.6 Å². The lowest BCUT2D eigenvalue weighted by molar-refractivity contribution is -0.119. The molecule has 1 aromatic rings. The first-order valence-corrected chi connectivity index (χ1v) is 5.49. The number of nitriles is 1. The number of hydrogen-bond donors (Lipinski definition) is 1. The Labute approximate surface area is 104 Å². The number of hydrogen-bond acceptors (Lipinski definition) is 2. The molecular weight excluding hydrogens is 243 g/mol. The fraction of sp³-hybridized carbons (Fsp3) is 0.333. The predicted molar refractivity (Wildman–Crippen MR) is 64.0 cm³/mol. The monoisotopic (exact) mass is 254 g/mol. The summed E-state index contributed by atoms with van der Waals surface area (Å²) in [4.78, 5) is 11.7. The van der Waals surface area contributed by atoms with Crippen molar-refractivity contribution in [1.29, 1.82) is 5.26 Å². The van der Waals surface area contributed by atoms with Crippen molar-refractivity contribution in [3.05, 3.63) is 29.0 Å². The largest absolute Gasteiger partial charge is 0.325 e. The highest BCUT2D eigenvalue weighted by atomic mass is 35.5. The van der Waals surface area contributed by atoms with Gasteiger partial charge in [0.1, 0.15) is 11.7 Å². The van der Waals surface area contributed by atoms with E-state index in [9.17, 15) is 9.18 Å². The SMILES string of the molecule is CC(C)C(C#N)C(=O)Nc1ccc(F)c(Cl)c1. The van der Waals surface area contributed by atoms with Crippen LogP contribution in [0.3, 0.4) is 0 Å². The number of nitrogens with zero attached hydrogens (tertiary/aromatic N) is 1. The van der Waals surface area contributed by atoms with Crippen LogP contribution in [0.2, 0.25) is 5.02 Å². The zero-order valence-electron chi connectivity index (χ0n) is 9.50. The fourth-order valence-electron chi connectivity index (χ4n) is 1.30. The van der Waals surface area contributed by atoms with Crippen molar-refractivity contribution in [2.75, 3.05) is 5.32 Å². The first-order chi connectivity index (χ1) is 7.95. The van der Waals surface area contributed by atoms with E-state index in [0.717, 1.165) is 6.07 Å². The Hall–Kier alpha value is -1.60. The molecule has 17 heavy (non-hydrogen) atoms. The van der Waals surface area contributed by atoms with Crippen molar-refractivity contribution < 1.29 is 9.18 Å². The molecule has 0 aliphatic heterocycles. The lowest BCUT2D eigenvalue weighted by atomic mass is 9.96. The Morgan fingerprint density at radius 1 is 1.53 bits per heavy atom. The van der Waals surface area contributed by atoms with Gasteiger partial charge in [-0.3, -0.25) is 4.79 Å². The van der Waals surface area contributed by atoms with Crippen LogP contribution in [0.5, 0.6) is 0 Å². The molecule has 5 heteroatoms. The number of nitrogens with one attached hydrogen (secondary N) is 1. The van der Waals surface area contributed by atoms with Gasteiger partial charge in [-0.05, 0) is 24.1 Å². The summed E-state index contributed by atoms with van der Waals surface area (Å²) >= 11 is 5.58. The van der Waals surface area contributed by atoms with Crippen molar-refractivity contribution in [1.82, 2.24) is 0 Å². The van der Waals surface area contributed by atoms with Gasteiger partial charge >= 0.3 is 0 Å². The first kappa shape index (κ1) is 13.5. The average Bonchev–Trinajstić information content (AvgIpc) is 2.24. The maximum Gasteiger partial charge on any atom is 0.241 e. The Balaban J connectivity index is 2.81. The lowest BCUT2D eigenvalue weighted by Gasteiger charge is -2.13. The highest BCUT2D eigenvalue weighted by Gasteiger charge is 2.21. The molecule has 0 heterocycles. The maximum absolute atomic E-state index is 12.9. The molecule has 1 N–H and O–H groups in total. The number of carbonyl (C=O) groups excluding carboxylic acids is 1. The van der Waals surface area contributed by atoms with Crippen LogP contribution < -0.4 is 5.32 Å². The molecule has 0 bridgehead atoms. The summed E-state index contributed by atoms with van der Waals surface area (Å²) in [5, 5.41) is 11.3. The Bertz CT molecular complexity index is 468. The summed E-state index contributed by atoms with van der Waals surface area (Å²) in [5.74, 6) is -1.79. The van der Waals surface area contributed by atoms with Crippen LogP contribution in [0.1, 0.15) is 13.8 Å². The third-order valence-corrected chi connectivity index (χ3v) is 2.57. The predicted octanol–water partition coefficient (Wildman–Crippen LogP) is 3.21. The average molecular weight is 255 g/mol. The molecule has 90 valence electrons. The van der Waals surface area contributed by atoms with Gasteiger partial charge in [0, 0.05) is 5.69 Å². The minimum atomic E-state index is -0.737. The zero-order valence-corrected chi connectivity index (χ0v) is 10.3. The van der Waals surface area contributed by atoms with Crippen molar-refractivity contribution >= 4 is 23.2 Å². The Morgan fingerprint density at radius 2 is 2.18 bits per heavy atom. The summed E-state index contributed by atoms with van der Waals surface area (Å²) < 4.78 is 12.9. The van der Waals surface area contributed by atoms with Crippen molar-refractivity contribution in [2.24, 2.45) is 11.8 Å². The molecule has 1 atom stereocenters. The minimum absolute atomic E-state index is 0.0687. The van der Waals surface area contributed by atoms with E-state index in [1.165, 1.54) is 12.1 Å². The molecule has 0 radical (unpaired) electrons. The fourth-order valence-corrected chi connectivity index (χ4v) is 1.48. The van der Waals surface area contributed by atoms with Gasteiger partial charge in [0.15, 0.2) is 0 Å². The van der Waals surface area contributed by atoms with Crippen LogP contribution in [0, 0.1) is 29.0 Å². The molecule has 0 aliphatic rings. The first-order valence-electron chi connectivity index (χ1n) is 5.11. The minimum Gasteiger partial charge on any atom is -0.325 e.